The van der Waals surface area contributed by atoms with Crippen LogP contribution in [0.4, 0.5) is 0 Å². The lowest BCUT2D eigenvalue weighted by molar-refractivity contribution is -0.123. The van der Waals surface area contributed by atoms with Crippen LogP contribution < -0.4 is 4.74 Å². The predicted molar refractivity (Wildman–Crippen MR) is 174 cm³/mol. The highest BCUT2D eigenvalue weighted by Gasteiger charge is 2.36. The SMILES string of the molecule is Cc1ccc(COc2ccc(-c3nn(-c4ccccc4)cc3C=C3SC(=S)N(C(C)c4ccccc4)C3=O)cc2)cc1. The Kier molecular flexibility index (Phi) is 8.04. The van der Waals surface area contributed by atoms with Crippen LogP contribution in [0.25, 0.3) is 23.0 Å². The number of aromatic nitrogens is 2. The zero-order valence-electron chi connectivity index (χ0n) is 23.3. The maximum Gasteiger partial charge on any atom is 0.266 e. The maximum atomic E-state index is 13.6. The molecule has 5 nitrogen and oxygen atoms in total. The Bertz CT molecular complexity index is 1750. The van der Waals surface area contributed by atoms with Crippen molar-refractivity contribution in [2.75, 3.05) is 0 Å². The van der Waals surface area contributed by atoms with Crippen molar-refractivity contribution < 1.29 is 9.53 Å². The number of hydrogen-bond acceptors (Lipinski definition) is 5. The minimum absolute atomic E-state index is 0.0976. The van der Waals surface area contributed by atoms with E-state index in [1.807, 2.05) is 109 Å². The van der Waals surface area contributed by atoms with Gasteiger partial charge in [-0.2, -0.15) is 5.10 Å². The molecular formula is C35H29N3O2S2. The fourth-order valence-corrected chi connectivity index (χ4v) is 6.24. The molecule has 1 atom stereocenters. The molecule has 1 aromatic heterocycles. The van der Waals surface area contributed by atoms with E-state index < -0.39 is 0 Å². The predicted octanol–water partition coefficient (Wildman–Crippen LogP) is 8.39. The van der Waals surface area contributed by atoms with Gasteiger partial charge in [0.05, 0.1) is 22.3 Å². The van der Waals surface area contributed by atoms with E-state index in [2.05, 4.69) is 31.2 Å². The van der Waals surface area contributed by atoms with Gasteiger partial charge in [-0.1, -0.05) is 102 Å². The minimum Gasteiger partial charge on any atom is -0.489 e. The molecular weight excluding hydrogens is 559 g/mol. The van der Waals surface area contributed by atoms with Crippen molar-refractivity contribution in [3.63, 3.8) is 0 Å². The van der Waals surface area contributed by atoms with Gasteiger partial charge >= 0.3 is 0 Å². The average molecular weight is 588 g/mol. The van der Waals surface area contributed by atoms with E-state index in [0.29, 0.717) is 15.8 Å². The highest BCUT2D eigenvalue weighted by molar-refractivity contribution is 8.26. The molecule has 1 aliphatic rings. The maximum absolute atomic E-state index is 13.6. The highest BCUT2D eigenvalue weighted by atomic mass is 32.2. The number of benzene rings is 4. The number of para-hydroxylation sites is 1. The molecule has 4 aromatic carbocycles. The number of thiocarbonyl (C=S) groups is 1. The standard InChI is InChI=1S/C35H29N3O2S2/c1-24-13-15-26(16-14-24)23-40-31-19-17-28(18-20-31)33-29(22-37(36-33)30-11-7-4-8-12-30)21-32-34(39)38(35(41)42-32)25(2)27-9-5-3-6-10-27/h3-22,25H,23H2,1-2H3. The summed E-state index contributed by atoms with van der Waals surface area (Å²) >= 11 is 7.00. The van der Waals surface area contributed by atoms with Crippen LogP contribution in [-0.2, 0) is 11.4 Å². The van der Waals surface area contributed by atoms with Crippen molar-refractivity contribution >= 4 is 40.3 Å². The van der Waals surface area contributed by atoms with Crippen molar-refractivity contribution in [2.45, 2.75) is 26.5 Å². The van der Waals surface area contributed by atoms with Crippen molar-refractivity contribution in [1.82, 2.24) is 14.7 Å². The summed E-state index contributed by atoms with van der Waals surface area (Å²) in [5, 5.41) is 4.93. The third-order valence-corrected chi connectivity index (χ3v) is 8.53. The normalized spacial score (nSPS) is 14.9. The molecule has 0 saturated carbocycles. The Balaban J connectivity index is 1.30. The molecule has 0 bridgehead atoms. The van der Waals surface area contributed by atoms with Crippen LogP contribution >= 0.6 is 24.0 Å². The summed E-state index contributed by atoms with van der Waals surface area (Å²) < 4.78 is 8.42. The number of nitrogens with zero attached hydrogens (tertiary/aromatic N) is 3. The zero-order chi connectivity index (χ0) is 29.1. The van der Waals surface area contributed by atoms with Crippen LogP contribution in [0, 0.1) is 6.92 Å². The van der Waals surface area contributed by atoms with E-state index in [1.54, 1.807) is 4.90 Å². The summed E-state index contributed by atoms with van der Waals surface area (Å²) in [4.78, 5) is 15.9. The van der Waals surface area contributed by atoms with Crippen LogP contribution in [-0.4, -0.2) is 24.9 Å². The third-order valence-electron chi connectivity index (χ3n) is 7.20. The molecule has 7 heteroatoms. The lowest BCUT2D eigenvalue weighted by Crippen LogP contribution is -2.30. The Morgan fingerprint density at radius 1 is 0.905 bits per heavy atom. The first-order chi connectivity index (χ1) is 20.5. The molecule has 1 fully saturated rings. The molecule has 1 aliphatic heterocycles. The van der Waals surface area contributed by atoms with Crippen LogP contribution in [0.2, 0.25) is 0 Å². The third kappa shape index (κ3) is 5.93. The molecule has 0 radical (unpaired) electrons. The van der Waals surface area contributed by atoms with E-state index in [1.165, 1.54) is 17.3 Å². The zero-order valence-corrected chi connectivity index (χ0v) is 24.9. The summed E-state index contributed by atoms with van der Waals surface area (Å²) in [5.41, 5.74) is 6.84. The van der Waals surface area contributed by atoms with E-state index in [4.69, 9.17) is 22.1 Å². The van der Waals surface area contributed by atoms with Crippen molar-refractivity contribution in [2.24, 2.45) is 0 Å². The fourth-order valence-electron chi connectivity index (χ4n) is 4.83. The second-order valence-electron chi connectivity index (χ2n) is 10.2. The first-order valence-corrected chi connectivity index (χ1v) is 14.9. The number of amides is 1. The van der Waals surface area contributed by atoms with E-state index in [9.17, 15) is 4.79 Å². The summed E-state index contributed by atoms with van der Waals surface area (Å²) in [6, 6.07) is 36.0. The summed E-state index contributed by atoms with van der Waals surface area (Å²) in [5.74, 6) is 0.679. The highest BCUT2D eigenvalue weighted by Crippen LogP contribution is 2.39. The molecule has 1 saturated heterocycles. The van der Waals surface area contributed by atoms with Crippen LogP contribution in [0.1, 0.15) is 35.2 Å². The van der Waals surface area contributed by atoms with Gasteiger partial charge < -0.3 is 4.74 Å². The van der Waals surface area contributed by atoms with Gasteiger partial charge in [-0.25, -0.2) is 4.68 Å². The number of carbonyl (C=O) groups excluding carboxylic acids is 1. The number of rotatable bonds is 8. The van der Waals surface area contributed by atoms with Gasteiger partial charge in [0.15, 0.2) is 0 Å². The second-order valence-corrected chi connectivity index (χ2v) is 11.8. The van der Waals surface area contributed by atoms with Crippen LogP contribution in [0.3, 0.4) is 0 Å². The monoisotopic (exact) mass is 587 g/mol. The van der Waals surface area contributed by atoms with Crippen LogP contribution in [0.15, 0.2) is 120 Å². The lowest BCUT2D eigenvalue weighted by Gasteiger charge is -2.23. The number of ether oxygens (including phenoxy) is 1. The number of aryl methyl sites for hydroxylation is 1. The van der Waals surface area contributed by atoms with Gasteiger partial charge in [0.2, 0.25) is 0 Å². The Hall–Kier alpha value is -4.46. The first-order valence-electron chi connectivity index (χ1n) is 13.7. The average Bonchev–Trinajstić information content (AvgIpc) is 3.57. The van der Waals surface area contributed by atoms with Gasteiger partial charge in [-0.05, 0) is 67.4 Å². The molecule has 1 unspecified atom stereocenters. The molecule has 208 valence electrons. The van der Waals surface area contributed by atoms with E-state index in [-0.39, 0.29) is 11.9 Å². The summed E-state index contributed by atoms with van der Waals surface area (Å²) in [6.45, 7) is 4.57. The van der Waals surface area contributed by atoms with E-state index >= 15 is 0 Å². The molecule has 42 heavy (non-hydrogen) atoms. The number of thioether (sulfide) groups is 1. The summed E-state index contributed by atoms with van der Waals surface area (Å²) in [7, 11) is 0. The van der Waals surface area contributed by atoms with Gasteiger partial charge in [-0.15, -0.1) is 0 Å². The van der Waals surface area contributed by atoms with Gasteiger partial charge in [-0.3, -0.25) is 9.69 Å². The lowest BCUT2D eigenvalue weighted by atomic mass is 10.1. The molecule has 0 aliphatic carbocycles. The second kappa shape index (κ2) is 12.2. The molecule has 6 rings (SSSR count). The largest absolute Gasteiger partial charge is 0.489 e. The summed E-state index contributed by atoms with van der Waals surface area (Å²) in [6.07, 6.45) is 3.86. The topological polar surface area (TPSA) is 47.4 Å². The quantitative estimate of drug-likeness (QED) is 0.135. The molecule has 5 aromatic rings. The fraction of sp³-hybridized carbons (Fsp3) is 0.114. The van der Waals surface area contributed by atoms with Crippen molar-refractivity contribution in [1.29, 1.82) is 0 Å². The van der Waals surface area contributed by atoms with Gasteiger partial charge in [0, 0.05) is 17.3 Å². The first kappa shape index (κ1) is 27.7. The Morgan fingerprint density at radius 3 is 2.26 bits per heavy atom. The minimum atomic E-state index is -0.163. The van der Waals surface area contributed by atoms with Crippen LogP contribution in [0.5, 0.6) is 5.75 Å². The molecule has 0 spiro atoms. The Morgan fingerprint density at radius 2 is 1.57 bits per heavy atom. The molecule has 0 N–H and O–H groups in total. The van der Waals surface area contributed by atoms with Gasteiger partial charge in [0.1, 0.15) is 16.7 Å². The van der Waals surface area contributed by atoms with Gasteiger partial charge in [0.25, 0.3) is 5.91 Å². The van der Waals surface area contributed by atoms with E-state index in [0.717, 1.165) is 39.4 Å². The molecule has 1 amide bonds. The number of carbonyl (C=O) groups is 1. The van der Waals surface area contributed by atoms with Crippen molar-refractivity contribution in [3.8, 4) is 22.7 Å². The number of hydrogen-bond donors (Lipinski definition) is 0. The smallest absolute Gasteiger partial charge is 0.266 e. The Labute approximate surface area is 255 Å². The molecule has 2 heterocycles. The van der Waals surface area contributed by atoms with Crippen molar-refractivity contribution in [3.05, 3.63) is 143 Å².